The number of rotatable bonds is 3. The zero-order valence-corrected chi connectivity index (χ0v) is 12.7. The molecular weight excluding hydrogens is 335 g/mol. The summed E-state index contributed by atoms with van der Waals surface area (Å²) < 4.78 is 20.1. The summed E-state index contributed by atoms with van der Waals surface area (Å²) in [5, 5.41) is 11.9. The van der Waals surface area contributed by atoms with Crippen molar-refractivity contribution in [3.05, 3.63) is 57.8 Å². The summed E-state index contributed by atoms with van der Waals surface area (Å²) in [4.78, 5) is 0. The van der Waals surface area contributed by atoms with Crippen molar-refractivity contribution in [3.8, 4) is 11.8 Å². The van der Waals surface area contributed by atoms with Crippen LogP contribution in [0.5, 0.6) is 5.75 Å². The Morgan fingerprint density at radius 3 is 2.90 bits per heavy atom. The normalized spacial score (nSPS) is 16.0. The molecule has 3 nitrogen and oxygen atoms in total. The molecule has 106 valence electrons. The van der Waals surface area contributed by atoms with Gasteiger partial charge in [0.1, 0.15) is 17.9 Å². The molecule has 1 unspecified atom stereocenters. The second-order valence-electron chi connectivity index (χ2n) is 4.83. The predicted octanol–water partition coefficient (Wildman–Crippen LogP) is 3.88. The van der Waals surface area contributed by atoms with Crippen LogP contribution in [-0.2, 0) is 6.42 Å². The average Bonchev–Trinajstić information content (AvgIpc) is 2.91. The Morgan fingerprint density at radius 2 is 2.14 bits per heavy atom. The molecule has 3 rings (SSSR count). The van der Waals surface area contributed by atoms with Crippen LogP contribution in [0.2, 0.25) is 0 Å². The van der Waals surface area contributed by atoms with Gasteiger partial charge in [-0.15, -0.1) is 0 Å². The Morgan fingerprint density at radius 1 is 1.33 bits per heavy atom. The summed E-state index contributed by atoms with van der Waals surface area (Å²) in [6.45, 7) is 0.504. The Balaban J connectivity index is 1.68. The van der Waals surface area contributed by atoms with E-state index in [4.69, 9.17) is 10.00 Å². The molecule has 1 heterocycles. The van der Waals surface area contributed by atoms with Crippen LogP contribution >= 0.6 is 15.9 Å². The fourth-order valence-corrected chi connectivity index (χ4v) is 2.80. The average molecular weight is 347 g/mol. The number of benzene rings is 2. The first-order valence-corrected chi connectivity index (χ1v) is 7.35. The Hall–Kier alpha value is -2.06. The van der Waals surface area contributed by atoms with Crippen molar-refractivity contribution in [2.24, 2.45) is 0 Å². The van der Waals surface area contributed by atoms with E-state index >= 15 is 0 Å². The quantitative estimate of drug-likeness (QED) is 0.917. The van der Waals surface area contributed by atoms with Crippen molar-refractivity contribution in [3.63, 3.8) is 0 Å². The van der Waals surface area contributed by atoms with Gasteiger partial charge < -0.3 is 10.1 Å². The number of ether oxygens (including phenoxy) is 1. The van der Waals surface area contributed by atoms with Crippen molar-refractivity contribution in [2.75, 3.05) is 11.9 Å². The van der Waals surface area contributed by atoms with Crippen LogP contribution in [0.15, 0.2) is 40.9 Å². The van der Waals surface area contributed by atoms with Gasteiger partial charge in [-0.1, -0.05) is 18.2 Å². The van der Waals surface area contributed by atoms with Crippen LogP contribution in [0.4, 0.5) is 10.1 Å². The second kappa shape index (κ2) is 5.74. The van der Waals surface area contributed by atoms with Gasteiger partial charge in [-0.3, -0.25) is 0 Å². The lowest BCUT2D eigenvalue weighted by molar-refractivity contribution is 0.246. The first kappa shape index (κ1) is 13.9. The number of halogens is 2. The molecule has 1 atom stereocenters. The topological polar surface area (TPSA) is 45.0 Å². The van der Waals surface area contributed by atoms with E-state index in [0.717, 1.165) is 12.2 Å². The molecule has 2 aromatic rings. The fourth-order valence-electron chi connectivity index (χ4n) is 2.36. The number of hydrogen-bond acceptors (Lipinski definition) is 3. The summed E-state index contributed by atoms with van der Waals surface area (Å²) in [7, 11) is 0. The minimum absolute atomic E-state index is 0.0174. The SMILES string of the molecule is N#Cc1ccc(NCC2Cc3ccccc3O2)c(F)c1Br. The lowest BCUT2D eigenvalue weighted by Gasteiger charge is -2.14. The van der Waals surface area contributed by atoms with Gasteiger partial charge in [-0.25, -0.2) is 4.39 Å². The van der Waals surface area contributed by atoms with Crippen molar-refractivity contribution in [1.29, 1.82) is 5.26 Å². The molecule has 1 N–H and O–H groups in total. The largest absolute Gasteiger partial charge is 0.488 e. The third kappa shape index (κ3) is 2.72. The Kier molecular flexibility index (Phi) is 3.80. The van der Waals surface area contributed by atoms with E-state index in [0.29, 0.717) is 12.2 Å². The van der Waals surface area contributed by atoms with Crippen LogP contribution in [0.1, 0.15) is 11.1 Å². The maximum atomic E-state index is 14.1. The number of para-hydroxylation sites is 1. The fraction of sp³-hybridized carbons (Fsp3) is 0.188. The van der Waals surface area contributed by atoms with Gasteiger partial charge in [0.15, 0.2) is 5.82 Å². The summed E-state index contributed by atoms with van der Waals surface area (Å²) in [5.74, 6) is 0.440. The first-order valence-electron chi connectivity index (χ1n) is 6.55. The highest BCUT2D eigenvalue weighted by Gasteiger charge is 2.22. The van der Waals surface area contributed by atoms with Gasteiger partial charge in [0.2, 0.25) is 0 Å². The van der Waals surface area contributed by atoms with E-state index in [1.165, 1.54) is 5.56 Å². The lowest BCUT2D eigenvalue weighted by atomic mass is 10.1. The minimum atomic E-state index is -0.454. The van der Waals surface area contributed by atoms with Crippen LogP contribution in [0.3, 0.4) is 0 Å². The third-order valence-corrected chi connectivity index (χ3v) is 4.21. The Labute approximate surface area is 130 Å². The number of anilines is 1. The van der Waals surface area contributed by atoms with E-state index < -0.39 is 5.82 Å². The maximum Gasteiger partial charge on any atom is 0.161 e. The molecule has 5 heteroatoms. The lowest BCUT2D eigenvalue weighted by Crippen LogP contribution is -2.24. The zero-order chi connectivity index (χ0) is 14.8. The standard InChI is InChI=1S/C16H12BrFN2O/c17-15-11(8-19)5-6-13(16(15)18)20-9-12-7-10-3-1-2-4-14(10)21-12/h1-6,12,20H,7,9H2. The van der Waals surface area contributed by atoms with Gasteiger partial charge in [-0.2, -0.15) is 5.26 Å². The zero-order valence-electron chi connectivity index (χ0n) is 11.1. The number of nitrogens with zero attached hydrogens (tertiary/aromatic N) is 1. The molecule has 1 aliphatic heterocycles. The summed E-state index contributed by atoms with van der Waals surface area (Å²) >= 11 is 3.10. The van der Waals surface area contributed by atoms with Crippen LogP contribution in [0.25, 0.3) is 0 Å². The van der Waals surface area contributed by atoms with E-state index in [-0.39, 0.29) is 16.1 Å². The number of nitrogens with one attached hydrogen (secondary N) is 1. The van der Waals surface area contributed by atoms with Crippen LogP contribution < -0.4 is 10.1 Å². The van der Waals surface area contributed by atoms with Crippen LogP contribution in [-0.4, -0.2) is 12.6 Å². The van der Waals surface area contributed by atoms with E-state index in [1.807, 2.05) is 30.3 Å². The number of hydrogen-bond donors (Lipinski definition) is 1. The highest BCUT2D eigenvalue weighted by molar-refractivity contribution is 9.10. The highest BCUT2D eigenvalue weighted by atomic mass is 79.9. The van der Waals surface area contributed by atoms with Gasteiger partial charge in [0.25, 0.3) is 0 Å². The van der Waals surface area contributed by atoms with Crippen molar-refractivity contribution >= 4 is 21.6 Å². The summed E-state index contributed by atoms with van der Waals surface area (Å²) in [6.07, 6.45) is 0.790. The molecule has 0 saturated heterocycles. The molecule has 21 heavy (non-hydrogen) atoms. The third-order valence-electron chi connectivity index (χ3n) is 3.44. The van der Waals surface area contributed by atoms with E-state index in [2.05, 4.69) is 21.2 Å². The summed E-state index contributed by atoms with van der Waals surface area (Å²) in [5.41, 5.74) is 1.81. The van der Waals surface area contributed by atoms with Gasteiger partial charge >= 0.3 is 0 Å². The maximum absolute atomic E-state index is 14.1. The molecule has 0 aromatic heterocycles. The number of fused-ring (bicyclic) bond motifs is 1. The molecule has 0 saturated carbocycles. The Bertz CT molecular complexity index is 702. The van der Waals surface area contributed by atoms with Crippen molar-refractivity contribution in [1.82, 2.24) is 0 Å². The molecule has 0 amide bonds. The molecule has 0 radical (unpaired) electrons. The number of nitriles is 1. The molecule has 0 spiro atoms. The van der Waals surface area contributed by atoms with Crippen molar-refractivity contribution < 1.29 is 9.13 Å². The molecule has 1 aliphatic rings. The molecule has 0 bridgehead atoms. The molecular formula is C16H12BrFN2O. The summed E-state index contributed by atoms with van der Waals surface area (Å²) in [6, 6.07) is 13.0. The highest BCUT2D eigenvalue weighted by Crippen LogP contribution is 2.30. The predicted molar refractivity (Wildman–Crippen MR) is 81.9 cm³/mol. The molecule has 2 aromatic carbocycles. The van der Waals surface area contributed by atoms with Gasteiger partial charge in [-0.05, 0) is 39.7 Å². The van der Waals surface area contributed by atoms with Gasteiger partial charge in [0, 0.05) is 6.42 Å². The molecule has 0 fully saturated rings. The first-order chi connectivity index (χ1) is 10.2. The monoisotopic (exact) mass is 346 g/mol. The van der Waals surface area contributed by atoms with E-state index in [1.54, 1.807) is 12.1 Å². The second-order valence-corrected chi connectivity index (χ2v) is 5.63. The van der Waals surface area contributed by atoms with E-state index in [9.17, 15) is 4.39 Å². The molecule has 0 aliphatic carbocycles. The minimum Gasteiger partial charge on any atom is -0.488 e. The van der Waals surface area contributed by atoms with Crippen LogP contribution in [0, 0.1) is 17.1 Å². The smallest absolute Gasteiger partial charge is 0.161 e. The van der Waals surface area contributed by atoms with Crippen molar-refractivity contribution in [2.45, 2.75) is 12.5 Å². The van der Waals surface area contributed by atoms with Gasteiger partial charge in [0.05, 0.1) is 22.3 Å².